The van der Waals surface area contributed by atoms with Gasteiger partial charge in [-0.3, -0.25) is 0 Å². The number of hydrogen-bond donors (Lipinski definition) is 1. The molecule has 0 aliphatic heterocycles. The van der Waals surface area contributed by atoms with Crippen LogP contribution in [0.25, 0.3) is 0 Å². The maximum Gasteiger partial charge on any atom is 0.107 e. The van der Waals surface area contributed by atoms with Gasteiger partial charge in [0.05, 0.1) is 10.4 Å². The molecule has 0 spiro atoms. The van der Waals surface area contributed by atoms with E-state index in [9.17, 15) is 0 Å². The molecule has 1 aromatic carbocycles. The summed E-state index contributed by atoms with van der Waals surface area (Å²) in [5.74, 6) is 0. The number of hydrogen-bond acceptors (Lipinski definition) is 4. The molecular weight excluding hydrogens is 236 g/mol. The molecule has 0 aliphatic rings. The molecule has 0 saturated heterocycles. The first-order valence-corrected chi connectivity index (χ1v) is 6.86. The summed E-state index contributed by atoms with van der Waals surface area (Å²) in [5, 5.41) is 0.995. The van der Waals surface area contributed by atoms with Gasteiger partial charge in [-0.15, -0.1) is 11.3 Å². The summed E-state index contributed by atoms with van der Waals surface area (Å²) in [6.45, 7) is 2.70. The lowest BCUT2D eigenvalue weighted by atomic mass is 10.2. The minimum absolute atomic E-state index is 0.528. The molecule has 84 valence electrons. The second-order valence-electron chi connectivity index (χ2n) is 3.38. The van der Waals surface area contributed by atoms with Gasteiger partial charge >= 0.3 is 0 Å². The van der Waals surface area contributed by atoms with E-state index in [1.54, 1.807) is 23.1 Å². The fourth-order valence-electron chi connectivity index (χ4n) is 1.38. The molecular formula is C12H14N2S2. The summed E-state index contributed by atoms with van der Waals surface area (Å²) in [4.78, 5) is 5.52. The van der Waals surface area contributed by atoms with Crippen LogP contribution >= 0.6 is 23.1 Å². The van der Waals surface area contributed by atoms with Crippen LogP contribution in [0.1, 0.15) is 17.5 Å². The number of nitrogens with zero attached hydrogens (tertiary/aromatic N) is 1. The monoisotopic (exact) mass is 250 g/mol. The molecule has 0 amide bonds. The fraction of sp³-hybridized carbons (Fsp3) is 0.250. The summed E-state index contributed by atoms with van der Waals surface area (Å²) in [6, 6.07) is 8.62. The highest BCUT2D eigenvalue weighted by molar-refractivity contribution is 8.01. The van der Waals surface area contributed by atoms with Crippen molar-refractivity contribution in [2.24, 2.45) is 5.73 Å². The summed E-state index contributed by atoms with van der Waals surface area (Å²) < 4.78 is 1.20. The van der Waals surface area contributed by atoms with Crippen molar-refractivity contribution in [1.29, 1.82) is 0 Å². The molecule has 16 heavy (non-hydrogen) atoms. The molecule has 1 heterocycles. The first kappa shape index (κ1) is 11.6. The van der Waals surface area contributed by atoms with Gasteiger partial charge in [0.15, 0.2) is 0 Å². The van der Waals surface area contributed by atoms with Crippen molar-refractivity contribution in [3.63, 3.8) is 0 Å². The lowest BCUT2D eigenvalue weighted by molar-refractivity contribution is 1.04. The van der Waals surface area contributed by atoms with E-state index in [1.165, 1.54) is 14.7 Å². The van der Waals surface area contributed by atoms with Crippen LogP contribution in [0, 0.1) is 0 Å². The smallest absolute Gasteiger partial charge is 0.107 e. The number of benzene rings is 1. The first-order chi connectivity index (χ1) is 7.81. The van der Waals surface area contributed by atoms with E-state index in [-0.39, 0.29) is 0 Å². The second-order valence-corrected chi connectivity index (χ2v) is 5.87. The average molecular weight is 250 g/mol. The lowest BCUT2D eigenvalue weighted by Crippen LogP contribution is -1.93. The highest BCUT2D eigenvalue weighted by atomic mass is 32.2. The Balaban J connectivity index is 2.13. The molecule has 0 atom stereocenters. The third-order valence-electron chi connectivity index (χ3n) is 2.23. The van der Waals surface area contributed by atoms with Gasteiger partial charge in [0.25, 0.3) is 0 Å². The van der Waals surface area contributed by atoms with Crippen LogP contribution < -0.4 is 5.73 Å². The predicted octanol–water partition coefficient (Wildman–Crippen LogP) is 3.32. The molecule has 2 rings (SSSR count). The van der Waals surface area contributed by atoms with Crippen molar-refractivity contribution in [1.82, 2.24) is 4.98 Å². The topological polar surface area (TPSA) is 38.9 Å². The molecule has 0 bridgehead atoms. The van der Waals surface area contributed by atoms with Crippen LogP contribution in [-0.4, -0.2) is 4.98 Å². The Bertz CT molecular complexity index is 466. The summed E-state index contributed by atoms with van der Waals surface area (Å²) in [5.41, 5.74) is 6.91. The zero-order chi connectivity index (χ0) is 11.4. The van der Waals surface area contributed by atoms with Gasteiger partial charge in [-0.2, -0.15) is 0 Å². The van der Waals surface area contributed by atoms with E-state index in [4.69, 9.17) is 5.73 Å². The molecule has 1 aromatic heterocycles. The van der Waals surface area contributed by atoms with Crippen LogP contribution in [-0.2, 0) is 13.0 Å². The van der Waals surface area contributed by atoms with E-state index in [0.29, 0.717) is 6.54 Å². The van der Waals surface area contributed by atoms with E-state index in [1.807, 2.05) is 6.20 Å². The molecule has 0 aliphatic carbocycles. The Morgan fingerprint density at radius 3 is 3.00 bits per heavy atom. The number of aryl methyl sites for hydroxylation is 1. The van der Waals surface area contributed by atoms with Crippen molar-refractivity contribution < 1.29 is 0 Å². The summed E-state index contributed by atoms with van der Waals surface area (Å²) in [7, 11) is 0. The second kappa shape index (κ2) is 5.48. The Morgan fingerprint density at radius 2 is 2.31 bits per heavy atom. The Labute approximate surface area is 104 Å². The number of nitrogens with two attached hydrogens (primary N) is 1. The number of rotatable bonds is 4. The fourth-order valence-corrected chi connectivity index (χ4v) is 3.35. The highest BCUT2D eigenvalue weighted by Crippen LogP contribution is 2.32. The standard InChI is InChI=1S/C12H14N2S2/c1-2-9-4-3-5-10(6-9)15-12-8-14-11(7-13)16-12/h3-6,8H,2,7,13H2,1H3. The quantitative estimate of drug-likeness (QED) is 0.904. The zero-order valence-electron chi connectivity index (χ0n) is 9.14. The molecule has 0 saturated carbocycles. The Kier molecular flexibility index (Phi) is 3.98. The van der Waals surface area contributed by atoms with E-state index < -0.39 is 0 Å². The van der Waals surface area contributed by atoms with Gasteiger partial charge in [-0.25, -0.2) is 4.98 Å². The van der Waals surface area contributed by atoms with Crippen LogP contribution in [0.5, 0.6) is 0 Å². The van der Waals surface area contributed by atoms with Crippen LogP contribution in [0.4, 0.5) is 0 Å². The number of thiazole rings is 1. The van der Waals surface area contributed by atoms with Crippen molar-refractivity contribution in [2.45, 2.75) is 29.0 Å². The summed E-state index contributed by atoms with van der Waals surface area (Å²) in [6.07, 6.45) is 2.97. The van der Waals surface area contributed by atoms with Crippen LogP contribution in [0.2, 0.25) is 0 Å². The van der Waals surface area contributed by atoms with Gasteiger partial charge in [-0.05, 0) is 24.1 Å². The normalized spacial score (nSPS) is 10.6. The Morgan fingerprint density at radius 1 is 1.44 bits per heavy atom. The third kappa shape index (κ3) is 2.84. The van der Waals surface area contributed by atoms with Crippen molar-refractivity contribution in [2.75, 3.05) is 0 Å². The van der Waals surface area contributed by atoms with E-state index in [0.717, 1.165) is 11.4 Å². The highest BCUT2D eigenvalue weighted by Gasteiger charge is 2.03. The van der Waals surface area contributed by atoms with Crippen LogP contribution in [0.15, 0.2) is 39.6 Å². The average Bonchev–Trinajstić information content (AvgIpc) is 2.77. The third-order valence-corrected chi connectivity index (χ3v) is 4.34. The molecule has 0 radical (unpaired) electrons. The zero-order valence-corrected chi connectivity index (χ0v) is 10.8. The molecule has 2 N–H and O–H groups in total. The van der Waals surface area contributed by atoms with Gasteiger partial charge in [-0.1, -0.05) is 30.8 Å². The minimum atomic E-state index is 0.528. The van der Waals surface area contributed by atoms with Gasteiger partial charge in [0, 0.05) is 11.4 Å². The molecule has 2 nitrogen and oxygen atoms in total. The van der Waals surface area contributed by atoms with Gasteiger partial charge < -0.3 is 5.73 Å². The first-order valence-electron chi connectivity index (χ1n) is 5.23. The van der Waals surface area contributed by atoms with Crippen molar-refractivity contribution in [3.05, 3.63) is 41.0 Å². The SMILES string of the molecule is CCc1cccc(Sc2cnc(CN)s2)c1. The maximum absolute atomic E-state index is 5.54. The van der Waals surface area contributed by atoms with Gasteiger partial charge in [0.1, 0.15) is 5.01 Å². The predicted molar refractivity (Wildman–Crippen MR) is 69.9 cm³/mol. The molecule has 4 heteroatoms. The van der Waals surface area contributed by atoms with Crippen molar-refractivity contribution in [3.8, 4) is 0 Å². The van der Waals surface area contributed by atoms with Crippen LogP contribution in [0.3, 0.4) is 0 Å². The van der Waals surface area contributed by atoms with Gasteiger partial charge in [0.2, 0.25) is 0 Å². The lowest BCUT2D eigenvalue weighted by Gasteiger charge is -2.00. The summed E-state index contributed by atoms with van der Waals surface area (Å²) >= 11 is 3.42. The maximum atomic E-state index is 5.54. The largest absolute Gasteiger partial charge is 0.325 e. The number of aromatic nitrogens is 1. The molecule has 2 aromatic rings. The Hall–Kier alpha value is -0.840. The molecule has 0 unspecified atom stereocenters. The van der Waals surface area contributed by atoms with E-state index >= 15 is 0 Å². The van der Waals surface area contributed by atoms with E-state index in [2.05, 4.69) is 36.2 Å². The van der Waals surface area contributed by atoms with Crippen molar-refractivity contribution >= 4 is 23.1 Å². The molecule has 0 fully saturated rings. The minimum Gasteiger partial charge on any atom is -0.325 e.